The lowest BCUT2D eigenvalue weighted by atomic mass is 9.90. The molecule has 0 spiro atoms. The molecule has 7 nitrogen and oxygen atoms in total. The minimum atomic E-state index is -1.78. The first-order chi connectivity index (χ1) is 15.1. The van der Waals surface area contributed by atoms with Gasteiger partial charge in [-0.25, -0.2) is 4.39 Å². The summed E-state index contributed by atoms with van der Waals surface area (Å²) in [6.07, 6.45) is 5.12. The minimum Gasteiger partial charge on any atom is -0.490 e. The van der Waals surface area contributed by atoms with Gasteiger partial charge in [0.1, 0.15) is 11.9 Å². The molecule has 4 rings (SSSR count). The molecule has 0 atom stereocenters. The number of amides is 1. The van der Waals surface area contributed by atoms with Crippen molar-refractivity contribution in [1.82, 2.24) is 20.0 Å². The summed E-state index contributed by atoms with van der Waals surface area (Å²) in [7, 11) is 0. The Balaban J connectivity index is 1.25. The molecule has 0 radical (unpaired) electrons. The van der Waals surface area contributed by atoms with Crippen LogP contribution in [0, 0.1) is 11.3 Å². The van der Waals surface area contributed by atoms with E-state index in [-0.39, 0.29) is 24.9 Å². The molecule has 0 aliphatic carbocycles. The van der Waals surface area contributed by atoms with Crippen molar-refractivity contribution in [3.8, 4) is 11.8 Å². The highest BCUT2D eigenvalue weighted by Gasteiger charge is 2.44. The van der Waals surface area contributed by atoms with Crippen molar-refractivity contribution in [1.29, 1.82) is 5.26 Å². The Bertz CT molecular complexity index is 915. The highest BCUT2D eigenvalue weighted by molar-refractivity contribution is 5.85. The highest BCUT2D eigenvalue weighted by atomic mass is 19.1. The smallest absolute Gasteiger partial charge is 0.260 e. The van der Waals surface area contributed by atoms with Gasteiger partial charge >= 0.3 is 0 Å². The van der Waals surface area contributed by atoms with E-state index in [1.165, 1.54) is 0 Å². The van der Waals surface area contributed by atoms with E-state index in [0.717, 1.165) is 5.56 Å². The Hall–Kier alpha value is -3.05. The van der Waals surface area contributed by atoms with E-state index in [4.69, 9.17) is 10.00 Å². The fourth-order valence-corrected chi connectivity index (χ4v) is 4.21. The van der Waals surface area contributed by atoms with E-state index in [1.807, 2.05) is 6.07 Å². The van der Waals surface area contributed by atoms with Gasteiger partial charge in [-0.15, -0.1) is 0 Å². The van der Waals surface area contributed by atoms with Crippen LogP contribution in [0.4, 0.5) is 4.39 Å². The topological polar surface area (TPSA) is 82.4 Å². The first kappa shape index (κ1) is 21.2. The number of hydrogen-bond acceptors (Lipinski definition) is 6. The van der Waals surface area contributed by atoms with E-state index >= 15 is 4.39 Å². The largest absolute Gasteiger partial charge is 0.490 e. The predicted octanol–water partition coefficient (Wildman–Crippen LogP) is 2.72. The number of carbonyl (C=O) groups is 1. The molecule has 1 amide bonds. The lowest BCUT2D eigenvalue weighted by Gasteiger charge is -2.40. The maximum absolute atomic E-state index is 15.5. The molecule has 0 N–H and O–H groups in total. The molecule has 2 fully saturated rings. The van der Waals surface area contributed by atoms with E-state index < -0.39 is 5.67 Å². The summed E-state index contributed by atoms with van der Waals surface area (Å²) in [6, 6.07) is 11.0. The summed E-state index contributed by atoms with van der Waals surface area (Å²) >= 11 is 0. The van der Waals surface area contributed by atoms with Crippen LogP contribution in [-0.2, 0) is 11.3 Å². The third-order valence-corrected chi connectivity index (χ3v) is 6.10. The third kappa shape index (κ3) is 5.17. The lowest BCUT2D eigenvalue weighted by Crippen LogP contribution is -2.54. The number of rotatable bonds is 5. The lowest BCUT2D eigenvalue weighted by molar-refractivity contribution is -0.149. The van der Waals surface area contributed by atoms with E-state index in [1.54, 1.807) is 41.6 Å². The van der Waals surface area contributed by atoms with Crippen LogP contribution in [0.5, 0.6) is 5.75 Å². The van der Waals surface area contributed by atoms with E-state index in [0.29, 0.717) is 56.9 Å². The number of aromatic nitrogens is 2. The van der Waals surface area contributed by atoms with Crippen molar-refractivity contribution in [2.45, 2.75) is 44.0 Å². The van der Waals surface area contributed by atoms with Gasteiger partial charge in [-0.05, 0) is 35.9 Å². The van der Waals surface area contributed by atoms with Crippen molar-refractivity contribution in [3.05, 3.63) is 53.9 Å². The maximum atomic E-state index is 15.5. The third-order valence-electron chi connectivity index (χ3n) is 6.10. The Labute approximate surface area is 181 Å². The van der Waals surface area contributed by atoms with E-state index in [2.05, 4.69) is 21.2 Å². The second kappa shape index (κ2) is 9.40. The molecule has 2 aromatic rings. The number of nitrogens with zero attached hydrogens (tertiary/aromatic N) is 5. The summed E-state index contributed by atoms with van der Waals surface area (Å²) in [5, 5.41) is 16.5. The average Bonchev–Trinajstić information content (AvgIpc) is 2.82. The molecule has 2 saturated heterocycles. The SMILES string of the molecule is N#Cc1ccc(OC2CCN(C(=O)C3(F)CCN(Cc4ccnnc4)CC3)CC2)cc1. The van der Waals surface area contributed by atoms with Crippen LogP contribution in [0.15, 0.2) is 42.7 Å². The van der Waals surface area contributed by atoms with Crippen LogP contribution in [0.25, 0.3) is 0 Å². The van der Waals surface area contributed by atoms with Gasteiger partial charge in [0.15, 0.2) is 5.67 Å². The predicted molar refractivity (Wildman–Crippen MR) is 112 cm³/mol. The molecule has 2 aliphatic rings. The number of piperidine rings is 2. The van der Waals surface area contributed by atoms with E-state index in [9.17, 15) is 4.79 Å². The fourth-order valence-electron chi connectivity index (χ4n) is 4.21. The first-order valence-electron chi connectivity index (χ1n) is 10.7. The van der Waals surface area contributed by atoms with Gasteiger partial charge in [-0.3, -0.25) is 9.69 Å². The number of nitriles is 1. The summed E-state index contributed by atoms with van der Waals surface area (Å²) in [5.41, 5.74) is -0.158. The van der Waals surface area contributed by atoms with Gasteiger partial charge in [-0.1, -0.05) is 0 Å². The Morgan fingerprint density at radius 3 is 2.45 bits per heavy atom. The second-order valence-corrected chi connectivity index (χ2v) is 8.24. The zero-order valence-corrected chi connectivity index (χ0v) is 17.4. The van der Waals surface area contributed by atoms with Gasteiger partial charge in [-0.2, -0.15) is 15.5 Å². The van der Waals surface area contributed by atoms with Crippen LogP contribution in [0.3, 0.4) is 0 Å². The number of halogens is 1. The first-order valence-corrected chi connectivity index (χ1v) is 10.7. The number of hydrogen-bond donors (Lipinski definition) is 0. The van der Waals surface area contributed by atoms with Crippen molar-refractivity contribution in [2.75, 3.05) is 26.2 Å². The minimum absolute atomic E-state index is 0.0108. The fraction of sp³-hybridized carbons (Fsp3) is 0.478. The number of ether oxygens (including phenoxy) is 1. The van der Waals surface area contributed by atoms with Gasteiger partial charge in [0, 0.05) is 64.6 Å². The van der Waals surface area contributed by atoms with Crippen LogP contribution in [0.2, 0.25) is 0 Å². The molecular formula is C23H26FN5O2. The molecule has 162 valence electrons. The van der Waals surface area contributed by atoms with Crippen molar-refractivity contribution >= 4 is 5.91 Å². The summed E-state index contributed by atoms with van der Waals surface area (Å²) < 4.78 is 21.4. The van der Waals surface area contributed by atoms with Gasteiger partial charge in [0.2, 0.25) is 0 Å². The van der Waals surface area contributed by atoms with Crippen molar-refractivity contribution in [2.24, 2.45) is 0 Å². The quantitative estimate of drug-likeness (QED) is 0.736. The summed E-state index contributed by atoms with van der Waals surface area (Å²) in [6.45, 7) is 2.78. The van der Waals surface area contributed by atoms with Crippen molar-refractivity contribution in [3.63, 3.8) is 0 Å². The molecule has 1 aromatic heterocycles. The Kier molecular flexibility index (Phi) is 6.42. The average molecular weight is 423 g/mol. The number of carbonyl (C=O) groups excluding carboxylic acids is 1. The number of likely N-dealkylation sites (tertiary alicyclic amines) is 2. The van der Waals surface area contributed by atoms with Crippen molar-refractivity contribution < 1.29 is 13.9 Å². The zero-order valence-electron chi connectivity index (χ0n) is 17.4. The monoisotopic (exact) mass is 423 g/mol. The molecule has 0 unspecified atom stereocenters. The molecule has 8 heteroatoms. The molecule has 1 aromatic carbocycles. The zero-order chi connectivity index (χ0) is 21.7. The Morgan fingerprint density at radius 1 is 1.13 bits per heavy atom. The maximum Gasteiger partial charge on any atom is 0.260 e. The molecule has 2 aliphatic heterocycles. The molecule has 3 heterocycles. The van der Waals surface area contributed by atoms with Gasteiger partial charge < -0.3 is 9.64 Å². The number of benzene rings is 1. The highest BCUT2D eigenvalue weighted by Crippen LogP contribution is 2.31. The van der Waals surface area contributed by atoms with Crippen LogP contribution in [-0.4, -0.2) is 63.9 Å². The number of alkyl halides is 1. The van der Waals surface area contributed by atoms with Gasteiger partial charge in [0.25, 0.3) is 5.91 Å². The van der Waals surface area contributed by atoms with Crippen LogP contribution >= 0.6 is 0 Å². The Morgan fingerprint density at radius 2 is 1.84 bits per heavy atom. The normalized spacial score (nSPS) is 19.5. The second-order valence-electron chi connectivity index (χ2n) is 8.24. The molecule has 0 saturated carbocycles. The molecule has 0 bridgehead atoms. The standard InChI is InChI=1S/C23H26FN5O2/c24-23(8-13-28(14-9-23)17-19-5-10-26-27-16-19)22(30)29-11-6-21(7-12-29)31-20-3-1-18(15-25)2-4-20/h1-5,10,16,21H,6-9,11-14,17H2. The summed E-state index contributed by atoms with van der Waals surface area (Å²) in [5.74, 6) is 0.331. The molecule has 31 heavy (non-hydrogen) atoms. The molecular weight excluding hydrogens is 397 g/mol. The summed E-state index contributed by atoms with van der Waals surface area (Å²) in [4.78, 5) is 16.7. The van der Waals surface area contributed by atoms with Gasteiger partial charge in [0.05, 0.1) is 17.8 Å². The van der Waals surface area contributed by atoms with Crippen LogP contribution < -0.4 is 4.74 Å². The van der Waals surface area contributed by atoms with Crippen LogP contribution in [0.1, 0.15) is 36.8 Å².